The molecule has 6 rings (SSSR count). The number of allylic oxidation sites excluding steroid dienone is 4. The van der Waals surface area contributed by atoms with Crippen molar-refractivity contribution < 1.29 is 14.3 Å². The van der Waals surface area contributed by atoms with Gasteiger partial charge in [0.2, 0.25) is 0 Å². The Morgan fingerprint density at radius 1 is 0.635 bits per heavy atom. The van der Waals surface area contributed by atoms with Gasteiger partial charge in [0.25, 0.3) is 0 Å². The molecule has 7 heteroatoms. The number of Topliss-reactive ketones (excluding diaryl/α,β-unsaturated/α-hetero) is 1. The Hall–Kier alpha value is -3.17. The van der Waals surface area contributed by atoms with Crippen molar-refractivity contribution in [2.45, 2.75) is 49.6 Å². The van der Waals surface area contributed by atoms with Crippen molar-refractivity contribution in [3.05, 3.63) is 119 Å². The van der Waals surface area contributed by atoms with Gasteiger partial charge in [-0.3, -0.25) is 24.4 Å². The van der Waals surface area contributed by atoms with Crippen molar-refractivity contribution in [2.75, 3.05) is 93.9 Å². The van der Waals surface area contributed by atoms with Crippen LogP contribution in [0.3, 0.4) is 0 Å². The van der Waals surface area contributed by atoms with Gasteiger partial charge in [0.1, 0.15) is 0 Å². The summed E-state index contributed by atoms with van der Waals surface area (Å²) in [5.74, 6) is -0.340. The van der Waals surface area contributed by atoms with E-state index in [2.05, 4.69) is 145 Å². The average Bonchev–Trinajstić information content (AvgIpc) is 3.16. The van der Waals surface area contributed by atoms with Crippen LogP contribution in [0.1, 0.15) is 36.8 Å². The molecule has 0 spiro atoms. The molecule has 4 atom stereocenters. The molecule has 0 saturated carbocycles. The molecule has 2 aromatic carbocycles. The molecule has 4 unspecified atom stereocenters. The van der Waals surface area contributed by atoms with Crippen LogP contribution in [0.15, 0.2) is 108 Å². The minimum atomic E-state index is -0.498. The summed E-state index contributed by atoms with van der Waals surface area (Å²) in [6.07, 6.45) is 19.7. The van der Waals surface area contributed by atoms with Gasteiger partial charge in [0.05, 0.1) is 49.3 Å². The largest absolute Gasteiger partial charge is 0.379 e. The number of carbonyl (C=O) groups excluding carboxylic acids is 1. The van der Waals surface area contributed by atoms with Crippen molar-refractivity contribution in [3.63, 3.8) is 0 Å². The molecule has 2 aromatic rings. The third-order valence-electron chi connectivity index (χ3n) is 12.0. The fraction of sp³-hybridized carbons (Fsp3) is 0.533. The first-order valence-electron chi connectivity index (χ1n) is 19.7. The average molecular weight is 707 g/mol. The zero-order valence-electron chi connectivity index (χ0n) is 32.2. The lowest BCUT2D eigenvalue weighted by atomic mass is 9.64. The van der Waals surface area contributed by atoms with Crippen molar-refractivity contribution in [1.29, 1.82) is 0 Å². The first kappa shape index (κ1) is 38.6. The maximum Gasteiger partial charge on any atom is 0.150 e. The Morgan fingerprint density at radius 3 is 1.38 bits per heavy atom. The third kappa shape index (κ3) is 9.30. The van der Waals surface area contributed by atoms with Crippen LogP contribution < -0.4 is 0 Å². The first-order valence-corrected chi connectivity index (χ1v) is 19.7. The van der Waals surface area contributed by atoms with E-state index in [1.807, 2.05) is 0 Å². The van der Waals surface area contributed by atoms with Crippen LogP contribution in [0, 0.1) is 11.8 Å². The number of rotatable bonds is 16. The Balaban J connectivity index is 1.31. The van der Waals surface area contributed by atoms with E-state index in [0.717, 1.165) is 104 Å². The van der Waals surface area contributed by atoms with Gasteiger partial charge in [-0.2, -0.15) is 0 Å². The molecule has 0 N–H and O–H groups in total. The van der Waals surface area contributed by atoms with Crippen LogP contribution >= 0.6 is 0 Å². The van der Waals surface area contributed by atoms with Gasteiger partial charge < -0.3 is 9.47 Å². The van der Waals surface area contributed by atoms with Crippen LogP contribution in [0.5, 0.6) is 0 Å². The summed E-state index contributed by atoms with van der Waals surface area (Å²) < 4.78 is 11.2. The van der Waals surface area contributed by atoms with E-state index in [1.54, 1.807) is 0 Å². The van der Waals surface area contributed by atoms with E-state index in [0.29, 0.717) is 0 Å². The van der Waals surface area contributed by atoms with E-state index in [4.69, 9.17) is 9.47 Å². The SMILES string of the molecule is CN(C)C1(Cc2ccccc2)C=C(CCCN2CCOCC2)C=CC1C(=O)C1C=CC(CCCN2CCOCC2)=CC1(Cc1ccccc1)N(C)C. The van der Waals surface area contributed by atoms with Crippen LogP contribution in [-0.4, -0.2) is 130 Å². The minimum absolute atomic E-state index is 0.286. The number of likely N-dealkylation sites (N-methyl/N-ethyl adjacent to an activating group) is 2. The van der Waals surface area contributed by atoms with Crippen LogP contribution in [0.25, 0.3) is 0 Å². The quantitative estimate of drug-likeness (QED) is 0.210. The number of nitrogens with zero attached hydrogens (tertiary/aromatic N) is 4. The Labute approximate surface area is 313 Å². The second-order valence-electron chi connectivity index (χ2n) is 15.7. The molecule has 2 saturated heterocycles. The van der Waals surface area contributed by atoms with Gasteiger partial charge in [0, 0.05) is 26.2 Å². The number of hydrogen-bond acceptors (Lipinski definition) is 7. The Bertz CT molecular complexity index is 1440. The van der Waals surface area contributed by atoms with Crippen molar-refractivity contribution in [3.8, 4) is 0 Å². The number of benzene rings is 2. The summed E-state index contributed by atoms with van der Waals surface area (Å²) in [5, 5.41) is 0. The van der Waals surface area contributed by atoms with Crippen LogP contribution in [-0.2, 0) is 27.1 Å². The zero-order valence-corrected chi connectivity index (χ0v) is 32.2. The highest BCUT2D eigenvalue weighted by Gasteiger charge is 2.51. The molecular weight excluding hydrogens is 645 g/mol. The molecule has 52 heavy (non-hydrogen) atoms. The summed E-state index contributed by atoms with van der Waals surface area (Å²) in [7, 11) is 8.65. The molecule has 2 aliphatic heterocycles. The van der Waals surface area contributed by atoms with Crippen LogP contribution in [0.2, 0.25) is 0 Å². The molecule has 0 aromatic heterocycles. The fourth-order valence-electron chi connectivity index (χ4n) is 8.84. The summed E-state index contributed by atoms with van der Waals surface area (Å²) >= 11 is 0. The summed E-state index contributed by atoms with van der Waals surface area (Å²) in [6.45, 7) is 9.49. The second-order valence-corrected chi connectivity index (χ2v) is 15.7. The molecule has 0 amide bonds. The number of hydrogen-bond donors (Lipinski definition) is 0. The molecule has 4 aliphatic rings. The lowest BCUT2D eigenvalue weighted by Gasteiger charge is -2.49. The maximum absolute atomic E-state index is 15.6. The topological polar surface area (TPSA) is 48.5 Å². The van der Waals surface area contributed by atoms with Gasteiger partial charge in [-0.15, -0.1) is 0 Å². The number of ketones is 1. The van der Waals surface area contributed by atoms with Gasteiger partial charge >= 0.3 is 0 Å². The lowest BCUT2D eigenvalue weighted by molar-refractivity contribution is -0.130. The van der Waals surface area contributed by atoms with Crippen molar-refractivity contribution in [2.24, 2.45) is 11.8 Å². The minimum Gasteiger partial charge on any atom is -0.379 e. The monoisotopic (exact) mass is 706 g/mol. The lowest BCUT2D eigenvalue weighted by Crippen LogP contribution is -2.60. The Kier molecular flexibility index (Phi) is 13.5. The first-order chi connectivity index (χ1) is 25.3. The van der Waals surface area contributed by atoms with Crippen LogP contribution in [0.4, 0.5) is 0 Å². The Morgan fingerprint density at radius 2 is 1.02 bits per heavy atom. The van der Waals surface area contributed by atoms with Gasteiger partial charge in [-0.1, -0.05) is 108 Å². The number of morpholine rings is 2. The van der Waals surface area contributed by atoms with Gasteiger partial charge in [0.15, 0.2) is 5.78 Å². The molecule has 2 heterocycles. The molecule has 0 radical (unpaired) electrons. The molecule has 280 valence electrons. The predicted molar refractivity (Wildman–Crippen MR) is 213 cm³/mol. The molecule has 0 bridgehead atoms. The van der Waals surface area contributed by atoms with E-state index in [1.165, 1.54) is 22.3 Å². The van der Waals surface area contributed by atoms with Crippen molar-refractivity contribution in [1.82, 2.24) is 19.6 Å². The highest BCUT2D eigenvalue weighted by Crippen LogP contribution is 2.43. The van der Waals surface area contributed by atoms with E-state index < -0.39 is 11.1 Å². The van der Waals surface area contributed by atoms with Gasteiger partial charge in [-0.25, -0.2) is 0 Å². The summed E-state index contributed by atoms with van der Waals surface area (Å²) in [4.78, 5) is 25.2. The second kappa shape index (κ2) is 18.2. The fourth-order valence-corrected chi connectivity index (χ4v) is 8.84. The van der Waals surface area contributed by atoms with Gasteiger partial charge in [-0.05, 0) is 90.9 Å². The summed E-state index contributed by atoms with van der Waals surface area (Å²) in [6, 6.07) is 21.5. The van der Waals surface area contributed by atoms with Crippen molar-refractivity contribution >= 4 is 5.78 Å². The zero-order chi connectivity index (χ0) is 36.4. The van der Waals surface area contributed by atoms with E-state index in [9.17, 15) is 0 Å². The van der Waals surface area contributed by atoms with E-state index >= 15 is 4.79 Å². The number of carbonyl (C=O) groups is 1. The maximum atomic E-state index is 15.6. The molecule has 7 nitrogen and oxygen atoms in total. The molecule has 2 fully saturated rings. The molecular formula is C45H62N4O3. The summed E-state index contributed by atoms with van der Waals surface area (Å²) in [5.41, 5.74) is 4.15. The smallest absolute Gasteiger partial charge is 0.150 e. The van der Waals surface area contributed by atoms with E-state index in [-0.39, 0.29) is 17.6 Å². The highest BCUT2D eigenvalue weighted by molar-refractivity contribution is 5.91. The standard InChI is InChI=1S/C45H62N4O3/c1-46(2)44(33-37-13-7-5-8-14-37)35-39(17-11-23-48-25-29-51-30-26-48)19-21-41(44)43(50)42-22-20-40(18-12-24-49-27-31-52-32-28-49)36-45(42,47(3)4)34-38-15-9-6-10-16-38/h5-10,13-16,19-22,35-36,41-42H,11-12,17-18,23-34H2,1-4H3. The third-order valence-corrected chi connectivity index (χ3v) is 12.0. The normalized spacial score (nSPS) is 27.2. The number of ether oxygens (including phenoxy) is 2. The predicted octanol–water partition coefficient (Wildman–Crippen LogP) is 6.09. The highest BCUT2D eigenvalue weighted by atomic mass is 16.5. The molecule has 2 aliphatic carbocycles.